The fourth-order valence-corrected chi connectivity index (χ4v) is 7.10. The third-order valence-corrected chi connectivity index (χ3v) is 9.05. The summed E-state index contributed by atoms with van der Waals surface area (Å²) < 4.78 is 0. The normalized spacial score (nSPS) is 13.5. The van der Waals surface area contributed by atoms with Gasteiger partial charge in [-0.2, -0.15) is 0 Å². The first kappa shape index (κ1) is 23.2. The van der Waals surface area contributed by atoms with Crippen LogP contribution in [-0.4, -0.2) is 0 Å². The molecule has 0 amide bonds. The van der Waals surface area contributed by atoms with E-state index in [2.05, 4.69) is 146 Å². The van der Waals surface area contributed by atoms with Crippen molar-refractivity contribution in [1.82, 2.24) is 0 Å². The lowest BCUT2D eigenvalue weighted by Gasteiger charge is -2.15. The van der Waals surface area contributed by atoms with Gasteiger partial charge in [0.15, 0.2) is 0 Å². The van der Waals surface area contributed by atoms with Gasteiger partial charge in [-0.25, -0.2) is 0 Å². The Labute approximate surface area is 236 Å². The van der Waals surface area contributed by atoms with Crippen molar-refractivity contribution in [2.24, 2.45) is 0 Å². The molecule has 2 aliphatic rings. The van der Waals surface area contributed by atoms with Crippen molar-refractivity contribution in [3.63, 3.8) is 0 Å². The summed E-state index contributed by atoms with van der Waals surface area (Å²) >= 11 is 0. The van der Waals surface area contributed by atoms with Gasteiger partial charge in [-0.1, -0.05) is 146 Å². The topological polar surface area (TPSA) is 0 Å². The van der Waals surface area contributed by atoms with Gasteiger partial charge in [0.1, 0.15) is 0 Å². The molecule has 0 spiro atoms. The average molecular weight is 511 g/mol. The van der Waals surface area contributed by atoms with E-state index in [1.54, 1.807) is 0 Å². The van der Waals surface area contributed by atoms with Crippen LogP contribution in [0.4, 0.5) is 0 Å². The molecule has 0 aromatic heterocycles. The lowest BCUT2D eigenvalue weighted by Crippen LogP contribution is -2.01. The zero-order valence-electron chi connectivity index (χ0n) is 22.4. The maximum atomic E-state index is 2.32. The maximum Gasteiger partial charge on any atom is 0.0142 e. The highest BCUT2D eigenvalue weighted by Crippen LogP contribution is 2.47. The van der Waals surface area contributed by atoms with Crippen LogP contribution in [0.15, 0.2) is 146 Å². The average Bonchev–Trinajstić information content (AvgIpc) is 3.51. The Morgan fingerprint density at radius 1 is 0.300 bits per heavy atom. The van der Waals surface area contributed by atoms with Crippen LogP contribution in [0.3, 0.4) is 0 Å². The van der Waals surface area contributed by atoms with E-state index in [1.165, 1.54) is 66.8 Å². The summed E-state index contributed by atoms with van der Waals surface area (Å²) in [5.41, 5.74) is 16.7. The summed E-state index contributed by atoms with van der Waals surface area (Å²) in [6, 6.07) is 54.1. The van der Waals surface area contributed by atoms with Gasteiger partial charge in [-0.05, 0) is 79.6 Å². The lowest BCUT2D eigenvalue weighted by molar-refractivity contribution is 0.827. The molecule has 0 nitrogen and oxygen atoms in total. The van der Waals surface area contributed by atoms with Crippen molar-refractivity contribution < 1.29 is 0 Å². The molecule has 0 unspecified atom stereocenters. The molecule has 8 rings (SSSR count). The van der Waals surface area contributed by atoms with E-state index >= 15 is 0 Å². The highest BCUT2D eigenvalue weighted by Gasteiger charge is 2.29. The van der Waals surface area contributed by atoms with Gasteiger partial charge in [0.25, 0.3) is 0 Å². The summed E-state index contributed by atoms with van der Waals surface area (Å²) in [6.07, 6.45) is 2.05. The lowest BCUT2D eigenvalue weighted by atomic mass is 9.89. The molecule has 0 saturated heterocycles. The summed E-state index contributed by atoms with van der Waals surface area (Å²) in [5, 5.41) is 0. The van der Waals surface area contributed by atoms with Gasteiger partial charge in [-0.15, -0.1) is 0 Å². The van der Waals surface area contributed by atoms with Gasteiger partial charge in [0.05, 0.1) is 0 Å². The van der Waals surface area contributed by atoms with Crippen LogP contribution in [0, 0.1) is 0 Å². The van der Waals surface area contributed by atoms with E-state index in [-0.39, 0.29) is 0 Å². The predicted octanol–water partition coefficient (Wildman–Crippen LogP) is 10.1. The summed E-state index contributed by atoms with van der Waals surface area (Å²) in [4.78, 5) is 0. The van der Waals surface area contributed by atoms with Crippen molar-refractivity contribution >= 4 is 0 Å². The molecule has 0 heteroatoms. The van der Waals surface area contributed by atoms with E-state index in [0.717, 1.165) is 12.8 Å². The predicted molar refractivity (Wildman–Crippen MR) is 167 cm³/mol. The molecule has 190 valence electrons. The maximum absolute atomic E-state index is 2.32. The van der Waals surface area contributed by atoms with Crippen molar-refractivity contribution in [1.29, 1.82) is 0 Å². The molecule has 0 aliphatic heterocycles. The Kier molecular flexibility index (Phi) is 5.52. The van der Waals surface area contributed by atoms with E-state index < -0.39 is 0 Å². The summed E-state index contributed by atoms with van der Waals surface area (Å²) in [7, 11) is 0. The van der Waals surface area contributed by atoms with Gasteiger partial charge >= 0.3 is 0 Å². The number of hydrogen-bond donors (Lipinski definition) is 0. The quantitative estimate of drug-likeness (QED) is 0.216. The molecular weight excluding hydrogens is 480 g/mol. The van der Waals surface area contributed by atoms with E-state index in [4.69, 9.17) is 0 Å². The molecule has 6 aromatic rings. The smallest absolute Gasteiger partial charge is 0.0142 e. The van der Waals surface area contributed by atoms with Crippen molar-refractivity contribution in [3.05, 3.63) is 179 Å². The minimum Gasteiger partial charge on any atom is -0.0619 e. The van der Waals surface area contributed by atoms with E-state index in [9.17, 15) is 0 Å². The molecule has 0 saturated carbocycles. The number of benzene rings is 6. The van der Waals surface area contributed by atoms with Crippen LogP contribution >= 0.6 is 0 Å². The van der Waals surface area contributed by atoms with Gasteiger partial charge in [0, 0.05) is 11.8 Å². The minimum absolute atomic E-state index is 0.420. The minimum atomic E-state index is 0.420. The molecule has 0 fully saturated rings. The van der Waals surface area contributed by atoms with Crippen LogP contribution in [0.25, 0.3) is 33.4 Å². The van der Waals surface area contributed by atoms with Gasteiger partial charge in [-0.3, -0.25) is 0 Å². The fraction of sp³-hybridized carbons (Fsp3) is 0.100. The molecule has 40 heavy (non-hydrogen) atoms. The molecule has 0 N–H and O–H groups in total. The largest absolute Gasteiger partial charge is 0.0619 e. The zero-order chi connectivity index (χ0) is 26.5. The van der Waals surface area contributed by atoms with Crippen molar-refractivity contribution in [2.45, 2.75) is 24.7 Å². The second-order valence-corrected chi connectivity index (χ2v) is 11.3. The van der Waals surface area contributed by atoms with Gasteiger partial charge in [0.2, 0.25) is 0 Å². The third kappa shape index (κ3) is 3.83. The Morgan fingerprint density at radius 3 is 0.875 bits per heavy atom. The standard InChI is InChI=1S/C40H30/c1-5-13-35-31(9-1)32-10-2-6-14-36(32)39(35)25-27-17-21-29(22-18-27)30-23-19-28(20-24-30)26-40-37-15-7-3-11-33(37)34-12-4-8-16-38(34)40/h1-24,39-40H,25-26H2. The second kappa shape index (κ2) is 9.50. The molecule has 0 heterocycles. The highest BCUT2D eigenvalue weighted by atomic mass is 14.3. The van der Waals surface area contributed by atoms with E-state index in [0.29, 0.717) is 11.8 Å². The van der Waals surface area contributed by atoms with Crippen LogP contribution in [0.5, 0.6) is 0 Å². The number of rotatable bonds is 5. The third-order valence-electron chi connectivity index (χ3n) is 9.05. The van der Waals surface area contributed by atoms with Crippen LogP contribution in [0.1, 0.15) is 45.2 Å². The molecule has 0 atom stereocenters. The highest BCUT2D eigenvalue weighted by molar-refractivity contribution is 5.80. The zero-order valence-corrected chi connectivity index (χ0v) is 22.4. The fourth-order valence-electron chi connectivity index (χ4n) is 7.10. The van der Waals surface area contributed by atoms with Crippen LogP contribution < -0.4 is 0 Å². The van der Waals surface area contributed by atoms with Crippen LogP contribution in [-0.2, 0) is 12.8 Å². The Hall–Kier alpha value is -4.68. The Bertz CT molecular complexity index is 1610. The Balaban J connectivity index is 1.01. The molecule has 6 aromatic carbocycles. The summed E-state index contributed by atoms with van der Waals surface area (Å²) in [6.45, 7) is 0. The molecular formula is C40H30. The molecule has 2 aliphatic carbocycles. The number of fused-ring (bicyclic) bond motifs is 6. The second-order valence-electron chi connectivity index (χ2n) is 11.3. The summed E-state index contributed by atoms with van der Waals surface area (Å²) in [5.74, 6) is 0.840. The SMILES string of the molecule is c1ccc2c(c1)-c1ccccc1C2Cc1ccc(-c2ccc(CC3c4ccccc4-c4ccccc43)cc2)cc1. The first-order valence-electron chi connectivity index (χ1n) is 14.4. The number of hydrogen-bond acceptors (Lipinski definition) is 0. The van der Waals surface area contributed by atoms with Gasteiger partial charge < -0.3 is 0 Å². The first-order chi connectivity index (χ1) is 19.8. The van der Waals surface area contributed by atoms with E-state index in [1.807, 2.05) is 0 Å². The monoisotopic (exact) mass is 510 g/mol. The molecule has 0 bridgehead atoms. The molecule has 0 radical (unpaired) electrons. The first-order valence-corrected chi connectivity index (χ1v) is 14.4. The van der Waals surface area contributed by atoms with Crippen molar-refractivity contribution in [2.75, 3.05) is 0 Å². The van der Waals surface area contributed by atoms with Crippen molar-refractivity contribution in [3.8, 4) is 33.4 Å². The Morgan fingerprint density at radius 2 is 0.575 bits per heavy atom. The van der Waals surface area contributed by atoms with Crippen LogP contribution in [0.2, 0.25) is 0 Å².